The van der Waals surface area contributed by atoms with Crippen molar-refractivity contribution < 1.29 is 23.4 Å². The molecule has 0 aliphatic heterocycles. The van der Waals surface area contributed by atoms with Gasteiger partial charge in [-0.25, -0.2) is 18.7 Å². The molecule has 0 spiro atoms. The van der Waals surface area contributed by atoms with Crippen LogP contribution in [0, 0.1) is 17.1 Å². The highest BCUT2D eigenvalue weighted by Gasteiger charge is 2.27. The average Bonchev–Trinajstić information content (AvgIpc) is 2.96. The molecule has 0 aliphatic rings. The highest BCUT2D eigenvalue weighted by molar-refractivity contribution is 6.00. The van der Waals surface area contributed by atoms with Crippen LogP contribution in [0.2, 0.25) is 0 Å². The fraction of sp³-hybridized carbons (Fsp3) is 0.200. The number of anilines is 4. The number of carbonyl (C=O) groups is 1. The van der Waals surface area contributed by atoms with Gasteiger partial charge in [0.1, 0.15) is 30.4 Å². The maximum Gasteiger partial charge on any atom is 0.255 e. The molecule has 2 aromatic heterocycles. The number of hydrogen-bond acceptors (Lipinski definition) is 8. The van der Waals surface area contributed by atoms with E-state index in [0.29, 0.717) is 12.3 Å². The Balaban J connectivity index is 1.59. The van der Waals surface area contributed by atoms with E-state index in [2.05, 4.69) is 25.9 Å². The number of ether oxygens (including phenoxy) is 1. The Hall–Kier alpha value is -5.08. The van der Waals surface area contributed by atoms with E-state index in [0.717, 1.165) is 17.4 Å². The summed E-state index contributed by atoms with van der Waals surface area (Å²) in [5.41, 5.74) is 0.260. The Bertz CT molecular complexity index is 1550. The molecular weight excluding hydrogens is 530 g/mol. The fourth-order valence-corrected chi connectivity index (χ4v) is 3.63. The Morgan fingerprint density at radius 1 is 1.07 bits per heavy atom. The molecule has 1 atom stereocenters. The molecule has 0 saturated heterocycles. The first-order valence-electron chi connectivity index (χ1n) is 12.6. The van der Waals surface area contributed by atoms with Gasteiger partial charge in [0.25, 0.3) is 5.91 Å². The number of carbonyl (C=O) groups excluding carboxylic acids is 1. The number of nitrogens with one attached hydrogen (secondary N) is 3. The van der Waals surface area contributed by atoms with Gasteiger partial charge >= 0.3 is 0 Å². The zero-order chi connectivity index (χ0) is 29.4. The van der Waals surface area contributed by atoms with Crippen molar-refractivity contribution in [3.05, 3.63) is 102 Å². The molecule has 41 heavy (non-hydrogen) atoms. The van der Waals surface area contributed by atoms with Crippen LogP contribution < -0.4 is 20.7 Å². The van der Waals surface area contributed by atoms with Gasteiger partial charge in [-0.15, -0.1) is 0 Å². The number of alkyl halides is 1. The van der Waals surface area contributed by atoms with Crippen molar-refractivity contribution in [2.75, 3.05) is 17.2 Å². The van der Waals surface area contributed by atoms with E-state index < -0.39 is 30.0 Å². The van der Waals surface area contributed by atoms with Crippen LogP contribution in [0.1, 0.15) is 35.3 Å². The molecule has 1 amide bonds. The molecule has 0 saturated carbocycles. The number of benzene rings is 2. The Labute approximate surface area is 235 Å². The third kappa shape index (κ3) is 7.97. The minimum atomic E-state index is -1.71. The van der Waals surface area contributed by atoms with Gasteiger partial charge in [-0.1, -0.05) is 30.3 Å². The van der Waals surface area contributed by atoms with Crippen molar-refractivity contribution in [2.45, 2.75) is 32.2 Å². The number of para-hydroxylation sites is 1. The standard InChI is InChI=1S/C30H28F2N6O3/c1-30(2,40)26(32)17-36-29(39)23-16-34-27(38-28-24(31)12-20(14-33)15-35-28)13-25(23)37-21-8-6-7-19(11-21)18-41-22-9-4-3-5-10-22/h3-13,15-16,26,40H,17-18H2,1-2H3,(H,36,39)(H2,34,35,37,38)/t26-/m1/s1. The van der Waals surface area contributed by atoms with Gasteiger partial charge < -0.3 is 25.8 Å². The molecule has 0 aliphatic carbocycles. The Morgan fingerprint density at radius 3 is 2.56 bits per heavy atom. The second-order valence-electron chi connectivity index (χ2n) is 9.66. The Kier molecular flexibility index (Phi) is 9.06. The summed E-state index contributed by atoms with van der Waals surface area (Å²) in [5.74, 6) is -0.678. The van der Waals surface area contributed by atoms with Crippen LogP contribution >= 0.6 is 0 Å². The predicted molar refractivity (Wildman–Crippen MR) is 150 cm³/mol. The molecule has 4 N–H and O–H groups in total. The van der Waals surface area contributed by atoms with E-state index >= 15 is 0 Å². The summed E-state index contributed by atoms with van der Waals surface area (Å²) < 4.78 is 34.6. The fourth-order valence-electron chi connectivity index (χ4n) is 3.63. The van der Waals surface area contributed by atoms with Crippen molar-refractivity contribution in [3.8, 4) is 11.8 Å². The molecule has 2 heterocycles. The summed E-state index contributed by atoms with van der Waals surface area (Å²) in [7, 11) is 0. The van der Waals surface area contributed by atoms with Gasteiger partial charge in [0, 0.05) is 24.1 Å². The summed E-state index contributed by atoms with van der Waals surface area (Å²) in [6.07, 6.45) is 0.760. The lowest BCUT2D eigenvalue weighted by molar-refractivity contribution is -0.00177. The number of nitrogens with zero attached hydrogens (tertiary/aromatic N) is 3. The zero-order valence-electron chi connectivity index (χ0n) is 22.4. The number of halogens is 2. The van der Waals surface area contributed by atoms with Crippen LogP contribution in [-0.4, -0.2) is 39.3 Å². The number of aromatic nitrogens is 2. The lowest BCUT2D eigenvalue weighted by Crippen LogP contribution is -2.42. The van der Waals surface area contributed by atoms with E-state index in [4.69, 9.17) is 10.00 Å². The molecule has 11 heteroatoms. The van der Waals surface area contributed by atoms with Crippen LogP contribution in [0.3, 0.4) is 0 Å². The van der Waals surface area contributed by atoms with Crippen molar-refractivity contribution in [1.29, 1.82) is 5.26 Å². The van der Waals surface area contributed by atoms with E-state index in [1.54, 1.807) is 6.07 Å². The number of hydrogen-bond donors (Lipinski definition) is 4. The summed E-state index contributed by atoms with van der Waals surface area (Å²) in [6, 6.07) is 21.0. The third-order valence-electron chi connectivity index (χ3n) is 5.93. The molecule has 2 aromatic carbocycles. The number of rotatable bonds is 11. The van der Waals surface area contributed by atoms with Crippen molar-refractivity contribution in [2.24, 2.45) is 0 Å². The summed E-state index contributed by atoms with van der Waals surface area (Å²) >= 11 is 0. The first-order chi connectivity index (χ1) is 19.6. The van der Waals surface area contributed by atoms with Crippen molar-refractivity contribution >= 4 is 28.9 Å². The molecule has 210 valence electrons. The molecule has 4 aromatic rings. The van der Waals surface area contributed by atoms with Crippen LogP contribution in [0.25, 0.3) is 0 Å². The van der Waals surface area contributed by atoms with Gasteiger partial charge in [0.15, 0.2) is 11.6 Å². The van der Waals surface area contributed by atoms with Crippen LogP contribution in [-0.2, 0) is 6.61 Å². The van der Waals surface area contributed by atoms with Gasteiger partial charge in [0.2, 0.25) is 0 Å². The topological polar surface area (TPSA) is 132 Å². The summed E-state index contributed by atoms with van der Waals surface area (Å²) in [5, 5.41) is 27.2. The van der Waals surface area contributed by atoms with Crippen molar-refractivity contribution in [3.63, 3.8) is 0 Å². The molecule has 0 bridgehead atoms. The minimum Gasteiger partial charge on any atom is -0.489 e. The largest absolute Gasteiger partial charge is 0.489 e. The zero-order valence-corrected chi connectivity index (χ0v) is 22.4. The lowest BCUT2D eigenvalue weighted by Gasteiger charge is -2.22. The van der Waals surface area contributed by atoms with E-state index in [1.807, 2.05) is 54.6 Å². The molecular formula is C30H28F2N6O3. The molecule has 9 nitrogen and oxygen atoms in total. The van der Waals surface area contributed by atoms with Gasteiger partial charge in [0.05, 0.1) is 29.0 Å². The molecule has 0 radical (unpaired) electrons. The second-order valence-corrected chi connectivity index (χ2v) is 9.66. The summed E-state index contributed by atoms with van der Waals surface area (Å²) in [6.45, 7) is 2.50. The van der Waals surface area contributed by atoms with Gasteiger partial charge in [-0.05, 0) is 49.7 Å². The van der Waals surface area contributed by atoms with Crippen LogP contribution in [0.5, 0.6) is 5.75 Å². The van der Waals surface area contributed by atoms with Crippen LogP contribution in [0.15, 0.2) is 79.1 Å². The quantitative estimate of drug-likeness (QED) is 0.193. The smallest absolute Gasteiger partial charge is 0.255 e. The Morgan fingerprint density at radius 2 is 1.85 bits per heavy atom. The van der Waals surface area contributed by atoms with E-state index in [9.17, 15) is 18.7 Å². The van der Waals surface area contributed by atoms with Gasteiger partial charge in [-0.3, -0.25) is 4.79 Å². The summed E-state index contributed by atoms with van der Waals surface area (Å²) in [4.78, 5) is 21.1. The highest BCUT2D eigenvalue weighted by atomic mass is 19.1. The third-order valence-corrected chi connectivity index (χ3v) is 5.93. The monoisotopic (exact) mass is 558 g/mol. The van der Waals surface area contributed by atoms with Crippen LogP contribution in [0.4, 0.5) is 31.8 Å². The number of nitriles is 1. The van der Waals surface area contributed by atoms with E-state index in [-0.39, 0.29) is 28.5 Å². The first-order valence-corrected chi connectivity index (χ1v) is 12.6. The highest BCUT2D eigenvalue weighted by Crippen LogP contribution is 2.27. The number of amides is 1. The lowest BCUT2D eigenvalue weighted by atomic mass is 10.0. The number of aliphatic hydroxyl groups is 1. The maximum atomic E-state index is 14.4. The number of pyridine rings is 2. The van der Waals surface area contributed by atoms with Crippen molar-refractivity contribution in [1.82, 2.24) is 15.3 Å². The molecule has 0 unspecified atom stereocenters. The second kappa shape index (κ2) is 12.8. The molecule has 4 rings (SSSR count). The SMILES string of the molecule is CC(C)(O)[C@H](F)CNC(=O)c1cnc(Nc2ncc(C#N)cc2F)cc1Nc1cccc(COc2ccccc2)c1. The van der Waals surface area contributed by atoms with Gasteiger partial charge in [-0.2, -0.15) is 5.26 Å². The maximum absolute atomic E-state index is 14.4. The normalized spacial score (nSPS) is 11.7. The minimum absolute atomic E-state index is 0.0590. The van der Waals surface area contributed by atoms with E-state index in [1.165, 1.54) is 32.3 Å². The predicted octanol–water partition coefficient (Wildman–Crippen LogP) is 5.39. The first kappa shape index (κ1) is 28.9. The molecule has 0 fully saturated rings. The average molecular weight is 559 g/mol.